The van der Waals surface area contributed by atoms with E-state index in [2.05, 4.69) is 0 Å². The number of methoxy groups -OCH3 is 1. The Balaban J connectivity index is 2.25. The summed E-state index contributed by atoms with van der Waals surface area (Å²) in [6, 6.07) is 0. The van der Waals surface area contributed by atoms with E-state index in [9.17, 15) is 9.59 Å². The molecule has 1 amide bonds. The van der Waals surface area contributed by atoms with Crippen molar-refractivity contribution in [3.8, 4) is 0 Å². The number of hydrogen-bond donors (Lipinski definition) is 1. The van der Waals surface area contributed by atoms with Gasteiger partial charge in [-0.1, -0.05) is 0 Å². The molecule has 6 heteroatoms. The van der Waals surface area contributed by atoms with Gasteiger partial charge in [0.1, 0.15) is 6.61 Å². The Morgan fingerprint density at radius 1 is 1.39 bits per heavy atom. The van der Waals surface area contributed by atoms with Crippen LogP contribution in [0.25, 0.3) is 0 Å². The molecule has 1 aliphatic heterocycles. The van der Waals surface area contributed by atoms with E-state index in [4.69, 9.17) is 14.6 Å². The molecule has 0 aromatic carbocycles. The molecule has 1 rings (SSSR count). The molecule has 0 aliphatic carbocycles. The zero-order valence-electron chi connectivity index (χ0n) is 10.9. The van der Waals surface area contributed by atoms with Gasteiger partial charge in [0.15, 0.2) is 0 Å². The smallest absolute Gasteiger partial charge is 0.306 e. The summed E-state index contributed by atoms with van der Waals surface area (Å²) in [5.41, 5.74) is 0. The molecule has 0 bridgehead atoms. The van der Waals surface area contributed by atoms with Crippen LogP contribution in [0.2, 0.25) is 0 Å². The second-order valence-electron chi connectivity index (χ2n) is 4.57. The standard InChI is InChI=1S/C12H21NO5/c1-9(7-17-2)18-8-11(14)13-5-3-10(4-6-13)12(15)16/h9-10H,3-8H2,1-2H3,(H,15,16). The molecular weight excluding hydrogens is 238 g/mol. The molecule has 0 radical (unpaired) electrons. The summed E-state index contributed by atoms with van der Waals surface area (Å²) in [6.45, 7) is 3.32. The van der Waals surface area contributed by atoms with Crippen molar-refractivity contribution in [2.75, 3.05) is 33.4 Å². The zero-order chi connectivity index (χ0) is 13.5. The molecule has 0 saturated carbocycles. The number of ether oxygens (including phenoxy) is 2. The third kappa shape index (κ3) is 4.62. The lowest BCUT2D eigenvalue weighted by atomic mass is 9.97. The molecular formula is C12H21NO5. The molecule has 6 nitrogen and oxygen atoms in total. The van der Waals surface area contributed by atoms with Crippen LogP contribution in [-0.4, -0.2) is 61.4 Å². The molecule has 0 spiro atoms. The molecule has 0 aromatic heterocycles. The van der Waals surface area contributed by atoms with Gasteiger partial charge in [-0.2, -0.15) is 0 Å². The number of carboxylic acid groups (broad SMARTS) is 1. The number of carboxylic acids is 1. The van der Waals surface area contributed by atoms with Crippen molar-refractivity contribution in [3.63, 3.8) is 0 Å². The summed E-state index contributed by atoms with van der Waals surface area (Å²) in [5, 5.41) is 8.86. The van der Waals surface area contributed by atoms with Crippen molar-refractivity contribution in [1.29, 1.82) is 0 Å². The Morgan fingerprint density at radius 2 is 2.00 bits per heavy atom. The van der Waals surface area contributed by atoms with E-state index in [0.717, 1.165) is 0 Å². The van der Waals surface area contributed by atoms with E-state index in [-0.39, 0.29) is 24.5 Å². The predicted molar refractivity (Wildman–Crippen MR) is 64.2 cm³/mol. The highest BCUT2D eigenvalue weighted by molar-refractivity contribution is 5.78. The number of carbonyl (C=O) groups excluding carboxylic acids is 1. The molecule has 1 atom stereocenters. The third-order valence-electron chi connectivity index (χ3n) is 3.09. The van der Waals surface area contributed by atoms with Crippen molar-refractivity contribution < 1.29 is 24.2 Å². The van der Waals surface area contributed by atoms with Gasteiger partial charge in [0.25, 0.3) is 0 Å². The van der Waals surface area contributed by atoms with E-state index >= 15 is 0 Å². The maximum Gasteiger partial charge on any atom is 0.306 e. The topological polar surface area (TPSA) is 76.1 Å². The first-order chi connectivity index (χ1) is 8.54. The van der Waals surface area contributed by atoms with Gasteiger partial charge in [0.05, 0.1) is 18.6 Å². The highest BCUT2D eigenvalue weighted by Gasteiger charge is 2.26. The monoisotopic (exact) mass is 259 g/mol. The summed E-state index contributed by atoms with van der Waals surface area (Å²) in [6.07, 6.45) is 0.930. The number of amides is 1. The fourth-order valence-electron chi connectivity index (χ4n) is 1.96. The molecule has 0 aromatic rings. The summed E-state index contributed by atoms with van der Waals surface area (Å²) in [5.74, 6) is -1.17. The molecule has 104 valence electrons. The van der Waals surface area contributed by atoms with Crippen LogP contribution in [0.1, 0.15) is 19.8 Å². The average Bonchev–Trinajstić information content (AvgIpc) is 2.36. The Kier molecular flexibility index (Phi) is 6.07. The minimum absolute atomic E-state index is 0.0300. The molecule has 1 aliphatic rings. The van der Waals surface area contributed by atoms with Crippen LogP contribution in [0, 0.1) is 5.92 Å². The third-order valence-corrected chi connectivity index (χ3v) is 3.09. The number of nitrogens with zero attached hydrogens (tertiary/aromatic N) is 1. The summed E-state index contributed by atoms with van der Waals surface area (Å²) >= 11 is 0. The van der Waals surface area contributed by atoms with Gasteiger partial charge in [-0.05, 0) is 19.8 Å². The van der Waals surface area contributed by atoms with Crippen LogP contribution in [0.5, 0.6) is 0 Å². The quantitative estimate of drug-likeness (QED) is 0.745. The average molecular weight is 259 g/mol. The van der Waals surface area contributed by atoms with Crippen LogP contribution in [-0.2, 0) is 19.1 Å². The van der Waals surface area contributed by atoms with Crippen LogP contribution in [0.4, 0.5) is 0 Å². The zero-order valence-corrected chi connectivity index (χ0v) is 10.9. The molecule has 1 fully saturated rings. The first-order valence-electron chi connectivity index (χ1n) is 6.15. The van der Waals surface area contributed by atoms with Gasteiger partial charge in [-0.25, -0.2) is 0 Å². The van der Waals surface area contributed by atoms with Crippen molar-refractivity contribution in [3.05, 3.63) is 0 Å². The van der Waals surface area contributed by atoms with Gasteiger partial charge in [-0.15, -0.1) is 0 Å². The van der Waals surface area contributed by atoms with Gasteiger partial charge < -0.3 is 19.5 Å². The minimum Gasteiger partial charge on any atom is -0.481 e. The Labute approximate surface area is 107 Å². The van der Waals surface area contributed by atoms with Crippen molar-refractivity contribution in [2.24, 2.45) is 5.92 Å². The number of carbonyl (C=O) groups is 2. The molecule has 1 N–H and O–H groups in total. The summed E-state index contributed by atoms with van der Waals surface area (Å²) in [4.78, 5) is 24.2. The first kappa shape index (κ1) is 14.9. The highest BCUT2D eigenvalue weighted by atomic mass is 16.5. The van der Waals surface area contributed by atoms with Crippen molar-refractivity contribution in [2.45, 2.75) is 25.9 Å². The highest BCUT2D eigenvalue weighted by Crippen LogP contribution is 2.17. The predicted octanol–water partition coefficient (Wildman–Crippen LogP) is 0.361. The van der Waals surface area contributed by atoms with Crippen LogP contribution < -0.4 is 0 Å². The maximum atomic E-state index is 11.8. The number of rotatable bonds is 6. The number of piperidine rings is 1. The maximum absolute atomic E-state index is 11.8. The fraction of sp³-hybridized carbons (Fsp3) is 0.833. The number of likely N-dealkylation sites (tertiary alicyclic amines) is 1. The Hall–Kier alpha value is -1.14. The minimum atomic E-state index is -0.771. The lowest BCUT2D eigenvalue weighted by Crippen LogP contribution is -2.42. The summed E-state index contributed by atoms with van der Waals surface area (Å²) in [7, 11) is 1.58. The number of hydrogen-bond acceptors (Lipinski definition) is 4. The van der Waals surface area contributed by atoms with Crippen LogP contribution in [0.3, 0.4) is 0 Å². The van der Waals surface area contributed by atoms with E-state index < -0.39 is 5.97 Å². The molecule has 1 saturated heterocycles. The SMILES string of the molecule is COCC(C)OCC(=O)N1CCC(C(=O)O)CC1. The van der Waals surface area contributed by atoms with E-state index in [0.29, 0.717) is 32.5 Å². The molecule has 1 unspecified atom stereocenters. The van der Waals surface area contributed by atoms with Crippen molar-refractivity contribution in [1.82, 2.24) is 4.90 Å². The molecule has 18 heavy (non-hydrogen) atoms. The van der Waals surface area contributed by atoms with Gasteiger partial charge in [0.2, 0.25) is 5.91 Å². The van der Waals surface area contributed by atoms with E-state index in [1.165, 1.54) is 0 Å². The van der Waals surface area contributed by atoms with Gasteiger partial charge in [-0.3, -0.25) is 9.59 Å². The first-order valence-corrected chi connectivity index (χ1v) is 6.15. The van der Waals surface area contributed by atoms with E-state index in [1.807, 2.05) is 6.92 Å². The Bertz CT molecular complexity index is 286. The second kappa shape index (κ2) is 7.33. The van der Waals surface area contributed by atoms with Crippen LogP contribution in [0.15, 0.2) is 0 Å². The lowest BCUT2D eigenvalue weighted by molar-refractivity contribution is -0.147. The lowest BCUT2D eigenvalue weighted by Gasteiger charge is -2.30. The normalized spacial score (nSPS) is 18.7. The second-order valence-corrected chi connectivity index (χ2v) is 4.57. The fourth-order valence-corrected chi connectivity index (χ4v) is 1.96. The summed E-state index contributed by atoms with van der Waals surface area (Å²) < 4.78 is 10.2. The Morgan fingerprint density at radius 3 is 2.50 bits per heavy atom. The van der Waals surface area contributed by atoms with Gasteiger partial charge >= 0.3 is 5.97 Å². The van der Waals surface area contributed by atoms with Crippen molar-refractivity contribution >= 4 is 11.9 Å². The largest absolute Gasteiger partial charge is 0.481 e. The van der Waals surface area contributed by atoms with Crippen LogP contribution >= 0.6 is 0 Å². The molecule has 1 heterocycles. The van der Waals surface area contributed by atoms with E-state index in [1.54, 1.807) is 12.0 Å². The van der Waals surface area contributed by atoms with Gasteiger partial charge in [0, 0.05) is 20.2 Å². The number of aliphatic carboxylic acids is 1.